The number of nitriles is 1. The fourth-order valence-corrected chi connectivity index (χ4v) is 4.16. The first-order valence-corrected chi connectivity index (χ1v) is 9.31. The van der Waals surface area contributed by atoms with Crippen LogP contribution in [0, 0.1) is 11.3 Å². The quantitative estimate of drug-likeness (QED) is 0.698. The van der Waals surface area contributed by atoms with E-state index in [-0.39, 0.29) is 5.91 Å². The molecule has 1 aliphatic heterocycles. The first kappa shape index (κ1) is 16.0. The Morgan fingerprint density at radius 2 is 2.04 bits per heavy atom. The molecule has 1 fully saturated rings. The van der Waals surface area contributed by atoms with E-state index in [0.29, 0.717) is 36.9 Å². The van der Waals surface area contributed by atoms with Crippen LogP contribution in [0.2, 0.25) is 0 Å². The van der Waals surface area contributed by atoms with E-state index in [1.807, 2.05) is 18.5 Å². The molecule has 3 aromatic rings. The lowest BCUT2D eigenvalue weighted by molar-refractivity contribution is 0.0706. The first-order chi connectivity index (χ1) is 13.2. The molecule has 8 heteroatoms. The van der Waals surface area contributed by atoms with Gasteiger partial charge in [0, 0.05) is 18.8 Å². The average molecular weight is 361 g/mol. The van der Waals surface area contributed by atoms with Crippen LogP contribution < -0.4 is 0 Å². The second-order valence-corrected chi connectivity index (χ2v) is 7.24. The molecule has 4 heterocycles. The second kappa shape index (κ2) is 6.20. The van der Waals surface area contributed by atoms with Gasteiger partial charge in [0.15, 0.2) is 11.3 Å². The molecule has 0 atom stereocenters. The minimum atomic E-state index is -0.0641. The van der Waals surface area contributed by atoms with E-state index in [9.17, 15) is 4.79 Å². The zero-order valence-corrected chi connectivity index (χ0v) is 14.9. The Labute approximate surface area is 156 Å². The summed E-state index contributed by atoms with van der Waals surface area (Å²) < 4.78 is 3.95. The molecule has 27 heavy (non-hydrogen) atoms. The molecule has 1 aliphatic carbocycles. The van der Waals surface area contributed by atoms with Gasteiger partial charge >= 0.3 is 0 Å². The van der Waals surface area contributed by atoms with Gasteiger partial charge in [0.1, 0.15) is 11.6 Å². The molecule has 0 bridgehead atoms. The summed E-state index contributed by atoms with van der Waals surface area (Å²) in [5, 5.41) is 13.2. The lowest BCUT2D eigenvalue weighted by Crippen LogP contribution is -2.38. The van der Waals surface area contributed by atoms with E-state index >= 15 is 0 Å². The Morgan fingerprint density at radius 3 is 2.85 bits per heavy atom. The number of pyridine rings is 1. The minimum Gasteiger partial charge on any atom is -0.331 e. The summed E-state index contributed by atoms with van der Waals surface area (Å²) in [5.41, 5.74) is 3.44. The molecule has 1 saturated carbocycles. The van der Waals surface area contributed by atoms with Crippen molar-refractivity contribution < 1.29 is 4.79 Å². The third kappa shape index (κ3) is 2.67. The number of hydrogen-bond acceptors (Lipinski definition) is 5. The monoisotopic (exact) mass is 361 g/mol. The Bertz CT molecular complexity index is 1070. The molecule has 0 saturated heterocycles. The molecule has 1 amide bonds. The highest BCUT2D eigenvalue weighted by Gasteiger charge is 2.25. The van der Waals surface area contributed by atoms with Crippen molar-refractivity contribution in [2.75, 3.05) is 6.54 Å². The standard InChI is InChI=1S/C19H19N7O/c20-9-14-8-16-11-24(5-6-26(16)23-14)19(27)13-7-17-18(21-10-13)25(12-22-17)15-3-1-2-4-15/h7-8,10,12,15H,1-6,11H2. The highest BCUT2D eigenvalue weighted by Crippen LogP contribution is 2.31. The van der Waals surface area contributed by atoms with Crippen molar-refractivity contribution in [2.24, 2.45) is 0 Å². The number of carbonyl (C=O) groups excluding carboxylic acids is 1. The molecule has 3 aromatic heterocycles. The van der Waals surface area contributed by atoms with Gasteiger partial charge < -0.3 is 9.47 Å². The second-order valence-electron chi connectivity index (χ2n) is 7.24. The molecular weight excluding hydrogens is 342 g/mol. The number of aromatic nitrogens is 5. The van der Waals surface area contributed by atoms with Gasteiger partial charge in [-0.15, -0.1) is 0 Å². The van der Waals surface area contributed by atoms with E-state index < -0.39 is 0 Å². The van der Waals surface area contributed by atoms with Gasteiger partial charge in [-0.1, -0.05) is 12.8 Å². The van der Waals surface area contributed by atoms with Crippen LogP contribution in [0.5, 0.6) is 0 Å². The molecule has 0 aromatic carbocycles. The Morgan fingerprint density at radius 1 is 1.19 bits per heavy atom. The SMILES string of the molecule is N#Cc1cc2n(n1)CCN(C(=O)c1cnc3c(c1)ncn3C1CCCC1)C2. The van der Waals surface area contributed by atoms with E-state index in [1.165, 1.54) is 25.7 Å². The van der Waals surface area contributed by atoms with Crippen molar-refractivity contribution in [1.29, 1.82) is 5.26 Å². The van der Waals surface area contributed by atoms with Crippen molar-refractivity contribution in [2.45, 2.75) is 44.8 Å². The van der Waals surface area contributed by atoms with Crippen LogP contribution in [0.15, 0.2) is 24.7 Å². The Balaban J connectivity index is 1.40. The van der Waals surface area contributed by atoms with Crippen LogP contribution in [0.3, 0.4) is 0 Å². The predicted octanol–water partition coefficient (Wildman–Crippen LogP) is 2.27. The van der Waals surface area contributed by atoms with E-state index in [1.54, 1.807) is 21.8 Å². The molecule has 0 radical (unpaired) electrons. The molecule has 0 N–H and O–H groups in total. The van der Waals surface area contributed by atoms with Crippen molar-refractivity contribution in [3.8, 4) is 6.07 Å². The zero-order chi connectivity index (χ0) is 18.4. The Hall–Kier alpha value is -3.21. The summed E-state index contributed by atoms with van der Waals surface area (Å²) in [5.74, 6) is -0.0641. The number of nitrogens with zero attached hydrogens (tertiary/aromatic N) is 7. The lowest BCUT2D eigenvalue weighted by atomic mass is 10.2. The maximum absolute atomic E-state index is 12.9. The highest BCUT2D eigenvalue weighted by atomic mass is 16.2. The summed E-state index contributed by atoms with van der Waals surface area (Å²) in [4.78, 5) is 23.8. The Kier molecular flexibility index (Phi) is 3.67. The number of rotatable bonds is 2. The van der Waals surface area contributed by atoms with Gasteiger partial charge in [-0.05, 0) is 25.0 Å². The number of hydrogen-bond donors (Lipinski definition) is 0. The van der Waals surface area contributed by atoms with Gasteiger partial charge in [-0.2, -0.15) is 10.4 Å². The zero-order valence-electron chi connectivity index (χ0n) is 14.9. The van der Waals surface area contributed by atoms with Crippen LogP contribution in [0.4, 0.5) is 0 Å². The maximum Gasteiger partial charge on any atom is 0.255 e. The number of imidazole rings is 1. The smallest absolute Gasteiger partial charge is 0.255 e. The van der Waals surface area contributed by atoms with Gasteiger partial charge in [0.25, 0.3) is 5.91 Å². The summed E-state index contributed by atoms with van der Waals surface area (Å²) >= 11 is 0. The van der Waals surface area contributed by atoms with Crippen LogP contribution in [0.1, 0.15) is 53.5 Å². The topological polar surface area (TPSA) is 92.6 Å². The summed E-state index contributed by atoms with van der Waals surface area (Å²) in [6.07, 6.45) is 8.34. The van der Waals surface area contributed by atoms with Crippen molar-refractivity contribution in [3.63, 3.8) is 0 Å². The average Bonchev–Trinajstić information content (AvgIpc) is 3.44. The van der Waals surface area contributed by atoms with Gasteiger partial charge in [0.05, 0.1) is 30.7 Å². The highest BCUT2D eigenvalue weighted by molar-refractivity contribution is 5.96. The molecule has 0 spiro atoms. The fraction of sp³-hybridized carbons (Fsp3) is 0.421. The van der Waals surface area contributed by atoms with Crippen LogP contribution in [-0.2, 0) is 13.1 Å². The number of fused-ring (bicyclic) bond motifs is 2. The maximum atomic E-state index is 12.9. The first-order valence-electron chi connectivity index (χ1n) is 9.31. The number of amides is 1. The normalized spacial score (nSPS) is 17.2. The summed E-state index contributed by atoms with van der Waals surface area (Å²) in [6, 6.07) is 6.10. The molecule has 8 nitrogen and oxygen atoms in total. The third-order valence-electron chi connectivity index (χ3n) is 5.58. The molecule has 0 unspecified atom stereocenters. The van der Waals surface area contributed by atoms with E-state index in [0.717, 1.165) is 16.9 Å². The molecule has 136 valence electrons. The number of carbonyl (C=O) groups is 1. The van der Waals surface area contributed by atoms with E-state index in [4.69, 9.17) is 5.26 Å². The van der Waals surface area contributed by atoms with Crippen molar-refractivity contribution in [1.82, 2.24) is 29.2 Å². The van der Waals surface area contributed by atoms with Crippen molar-refractivity contribution in [3.05, 3.63) is 41.6 Å². The van der Waals surface area contributed by atoms with Crippen LogP contribution >= 0.6 is 0 Å². The van der Waals surface area contributed by atoms with Gasteiger partial charge in [0.2, 0.25) is 0 Å². The summed E-state index contributed by atoms with van der Waals surface area (Å²) in [7, 11) is 0. The lowest BCUT2D eigenvalue weighted by Gasteiger charge is -2.27. The molecular formula is C19H19N7O. The van der Waals surface area contributed by atoms with Crippen molar-refractivity contribution >= 4 is 17.1 Å². The fourth-order valence-electron chi connectivity index (χ4n) is 4.16. The largest absolute Gasteiger partial charge is 0.331 e. The minimum absolute atomic E-state index is 0.0641. The molecule has 5 rings (SSSR count). The van der Waals surface area contributed by atoms with Crippen LogP contribution in [0.25, 0.3) is 11.2 Å². The summed E-state index contributed by atoms with van der Waals surface area (Å²) in [6.45, 7) is 1.60. The van der Waals surface area contributed by atoms with Gasteiger partial charge in [-0.3, -0.25) is 9.48 Å². The third-order valence-corrected chi connectivity index (χ3v) is 5.58. The molecule has 2 aliphatic rings. The predicted molar refractivity (Wildman–Crippen MR) is 96.7 cm³/mol. The van der Waals surface area contributed by atoms with Crippen LogP contribution in [-0.4, -0.2) is 41.7 Å². The van der Waals surface area contributed by atoms with Gasteiger partial charge in [-0.25, -0.2) is 9.97 Å². The van der Waals surface area contributed by atoms with E-state index in [2.05, 4.69) is 19.6 Å².